The van der Waals surface area contributed by atoms with Gasteiger partial charge in [0.2, 0.25) is 0 Å². The lowest BCUT2D eigenvalue weighted by Gasteiger charge is -2.25. The smallest absolute Gasteiger partial charge is 0.270 e. The number of methoxy groups -OCH3 is 1. The van der Waals surface area contributed by atoms with Crippen LogP contribution in [0, 0.1) is 0 Å². The van der Waals surface area contributed by atoms with Crippen molar-refractivity contribution in [3.63, 3.8) is 0 Å². The van der Waals surface area contributed by atoms with Gasteiger partial charge in [-0.25, -0.2) is 4.98 Å². The summed E-state index contributed by atoms with van der Waals surface area (Å²) < 4.78 is 5.26. The number of carbonyl (C=O) groups excluding carboxylic acids is 1. The van der Waals surface area contributed by atoms with Crippen LogP contribution in [0.25, 0.3) is 0 Å². The second-order valence-electron chi connectivity index (χ2n) is 5.41. The van der Waals surface area contributed by atoms with E-state index < -0.39 is 0 Å². The molecule has 1 atom stereocenters. The number of nitrogens with one attached hydrogen (secondary N) is 1. The van der Waals surface area contributed by atoms with Crippen LogP contribution in [0.2, 0.25) is 0 Å². The SMILES string of the molecule is COc1cccc(C(CNC(=O)c2cccc(N)n2)N(C)C)c1.Cl. The van der Waals surface area contributed by atoms with E-state index in [0.29, 0.717) is 18.1 Å². The normalized spacial score (nSPS) is 11.5. The molecule has 6 nitrogen and oxygen atoms in total. The first-order valence-corrected chi connectivity index (χ1v) is 7.32. The third-order valence-corrected chi connectivity index (χ3v) is 3.56. The number of halogens is 1. The lowest BCUT2D eigenvalue weighted by atomic mass is 10.1. The molecule has 0 aliphatic heterocycles. The Kier molecular flexibility index (Phi) is 7.48. The average Bonchev–Trinajstić information content (AvgIpc) is 2.54. The zero-order chi connectivity index (χ0) is 16.8. The Hall–Kier alpha value is -2.31. The fraction of sp³-hybridized carbons (Fsp3) is 0.294. The van der Waals surface area contributed by atoms with Crippen molar-refractivity contribution in [2.45, 2.75) is 6.04 Å². The molecule has 1 unspecified atom stereocenters. The van der Waals surface area contributed by atoms with E-state index in [2.05, 4.69) is 10.3 Å². The molecule has 2 aromatic rings. The van der Waals surface area contributed by atoms with Crippen LogP contribution in [0.4, 0.5) is 5.82 Å². The number of amides is 1. The standard InChI is InChI=1S/C17H22N4O2.ClH/c1-21(2)15(12-6-4-7-13(10-12)23-3)11-19-17(22)14-8-5-9-16(18)20-14;/h4-10,15H,11H2,1-3H3,(H2,18,20)(H,19,22);1H. The number of hydrogen-bond acceptors (Lipinski definition) is 5. The summed E-state index contributed by atoms with van der Waals surface area (Å²) in [5, 5.41) is 2.90. The number of nitrogens with zero attached hydrogens (tertiary/aromatic N) is 2. The predicted molar refractivity (Wildman–Crippen MR) is 97.7 cm³/mol. The zero-order valence-electron chi connectivity index (χ0n) is 14.0. The van der Waals surface area contributed by atoms with E-state index in [1.807, 2.05) is 43.3 Å². The molecule has 24 heavy (non-hydrogen) atoms. The van der Waals surface area contributed by atoms with E-state index in [1.165, 1.54) is 0 Å². The van der Waals surface area contributed by atoms with Crippen LogP contribution in [0.3, 0.4) is 0 Å². The molecule has 0 bridgehead atoms. The van der Waals surface area contributed by atoms with Gasteiger partial charge in [-0.15, -0.1) is 12.4 Å². The first kappa shape index (κ1) is 19.7. The van der Waals surface area contributed by atoms with Crippen molar-refractivity contribution in [3.05, 3.63) is 53.7 Å². The number of aromatic nitrogens is 1. The molecule has 1 amide bonds. The van der Waals surface area contributed by atoms with Gasteiger partial charge in [-0.2, -0.15) is 0 Å². The highest BCUT2D eigenvalue weighted by Crippen LogP contribution is 2.22. The Morgan fingerprint density at radius 3 is 2.62 bits per heavy atom. The minimum Gasteiger partial charge on any atom is -0.497 e. The molecule has 0 fully saturated rings. The number of likely N-dealkylation sites (N-methyl/N-ethyl adjacent to an activating group) is 1. The van der Waals surface area contributed by atoms with Crippen LogP contribution in [-0.2, 0) is 0 Å². The topological polar surface area (TPSA) is 80.5 Å². The lowest BCUT2D eigenvalue weighted by Crippen LogP contribution is -2.35. The minimum atomic E-state index is -0.243. The highest BCUT2D eigenvalue weighted by molar-refractivity contribution is 5.92. The molecule has 3 N–H and O–H groups in total. The molecule has 2 rings (SSSR count). The molecule has 0 spiro atoms. The number of nitrogen functional groups attached to an aromatic ring is 1. The van der Waals surface area contributed by atoms with Crippen molar-refractivity contribution in [1.82, 2.24) is 15.2 Å². The number of rotatable bonds is 6. The van der Waals surface area contributed by atoms with Gasteiger partial charge < -0.3 is 20.7 Å². The maximum atomic E-state index is 12.2. The van der Waals surface area contributed by atoms with Gasteiger partial charge in [0.15, 0.2) is 0 Å². The third kappa shape index (κ3) is 5.11. The molecular weight excluding hydrogens is 328 g/mol. The second kappa shape index (κ2) is 9.10. The quantitative estimate of drug-likeness (QED) is 0.834. The summed E-state index contributed by atoms with van der Waals surface area (Å²) in [7, 11) is 5.57. The molecular formula is C17H23ClN4O2. The Labute approximate surface area is 148 Å². The van der Waals surface area contributed by atoms with Gasteiger partial charge in [0.05, 0.1) is 13.2 Å². The van der Waals surface area contributed by atoms with Gasteiger partial charge in [-0.05, 0) is 43.9 Å². The van der Waals surface area contributed by atoms with Gasteiger partial charge >= 0.3 is 0 Å². The summed E-state index contributed by atoms with van der Waals surface area (Å²) in [5.74, 6) is 0.875. The van der Waals surface area contributed by atoms with E-state index in [0.717, 1.165) is 11.3 Å². The fourth-order valence-corrected chi connectivity index (χ4v) is 2.31. The van der Waals surface area contributed by atoms with Crippen LogP contribution in [0.15, 0.2) is 42.5 Å². The average molecular weight is 351 g/mol. The Morgan fingerprint density at radius 1 is 1.29 bits per heavy atom. The highest BCUT2D eigenvalue weighted by atomic mass is 35.5. The Balaban J connectivity index is 0.00000288. The van der Waals surface area contributed by atoms with E-state index >= 15 is 0 Å². The number of benzene rings is 1. The Bertz CT molecular complexity index is 679. The van der Waals surface area contributed by atoms with Crippen molar-refractivity contribution in [2.75, 3.05) is 33.5 Å². The Morgan fingerprint density at radius 2 is 2.00 bits per heavy atom. The largest absolute Gasteiger partial charge is 0.497 e. The molecule has 1 heterocycles. The fourth-order valence-electron chi connectivity index (χ4n) is 2.31. The van der Waals surface area contributed by atoms with Crippen LogP contribution in [0.1, 0.15) is 22.1 Å². The summed E-state index contributed by atoms with van der Waals surface area (Å²) in [6.45, 7) is 0.454. The summed E-state index contributed by atoms with van der Waals surface area (Å²) in [4.78, 5) is 18.3. The van der Waals surface area contributed by atoms with Crippen molar-refractivity contribution >= 4 is 24.1 Å². The third-order valence-electron chi connectivity index (χ3n) is 3.56. The van der Waals surface area contributed by atoms with Gasteiger partial charge in [-0.3, -0.25) is 4.79 Å². The summed E-state index contributed by atoms with van der Waals surface area (Å²) in [6, 6.07) is 12.8. The van der Waals surface area contributed by atoms with E-state index in [9.17, 15) is 4.79 Å². The number of hydrogen-bond donors (Lipinski definition) is 2. The monoisotopic (exact) mass is 350 g/mol. The van der Waals surface area contributed by atoms with Gasteiger partial charge in [-0.1, -0.05) is 18.2 Å². The molecule has 130 valence electrons. The van der Waals surface area contributed by atoms with Crippen molar-refractivity contribution in [1.29, 1.82) is 0 Å². The number of carbonyl (C=O) groups is 1. The molecule has 0 aliphatic carbocycles. The van der Waals surface area contributed by atoms with Gasteiger partial charge in [0, 0.05) is 6.54 Å². The molecule has 0 radical (unpaired) electrons. The number of pyridine rings is 1. The van der Waals surface area contributed by atoms with Crippen molar-refractivity contribution in [2.24, 2.45) is 0 Å². The predicted octanol–water partition coefficient (Wildman–Crippen LogP) is 2.13. The number of nitrogens with two attached hydrogens (primary N) is 1. The molecule has 0 saturated carbocycles. The second-order valence-corrected chi connectivity index (χ2v) is 5.41. The van der Waals surface area contributed by atoms with Gasteiger partial charge in [0.25, 0.3) is 5.91 Å². The highest BCUT2D eigenvalue weighted by Gasteiger charge is 2.17. The van der Waals surface area contributed by atoms with Crippen LogP contribution >= 0.6 is 12.4 Å². The number of anilines is 1. The molecule has 1 aromatic heterocycles. The molecule has 7 heteroatoms. The molecule has 0 aliphatic rings. The summed E-state index contributed by atoms with van der Waals surface area (Å²) in [6.07, 6.45) is 0. The van der Waals surface area contributed by atoms with Crippen LogP contribution in [0.5, 0.6) is 5.75 Å². The maximum absolute atomic E-state index is 12.2. The minimum absolute atomic E-state index is 0. The van der Waals surface area contributed by atoms with E-state index in [-0.39, 0.29) is 24.4 Å². The van der Waals surface area contributed by atoms with Crippen LogP contribution in [-0.4, -0.2) is 43.5 Å². The van der Waals surface area contributed by atoms with Crippen molar-refractivity contribution < 1.29 is 9.53 Å². The molecule has 1 aromatic carbocycles. The lowest BCUT2D eigenvalue weighted by molar-refractivity contribution is 0.0937. The van der Waals surface area contributed by atoms with E-state index in [1.54, 1.807) is 25.3 Å². The first-order valence-electron chi connectivity index (χ1n) is 7.32. The zero-order valence-corrected chi connectivity index (χ0v) is 14.8. The summed E-state index contributed by atoms with van der Waals surface area (Å²) >= 11 is 0. The number of ether oxygens (including phenoxy) is 1. The van der Waals surface area contributed by atoms with Crippen LogP contribution < -0.4 is 15.8 Å². The van der Waals surface area contributed by atoms with Crippen molar-refractivity contribution in [3.8, 4) is 5.75 Å². The van der Waals surface area contributed by atoms with E-state index in [4.69, 9.17) is 10.5 Å². The van der Waals surface area contributed by atoms with Gasteiger partial charge in [0.1, 0.15) is 17.3 Å². The molecule has 0 saturated heterocycles. The summed E-state index contributed by atoms with van der Waals surface area (Å²) in [5.41, 5.74) is 6.99. The first-order chi connectivity index (χ1) is 11.0. The maximum Gasteiger partial charge on any atom is 0.270 e.